The van der Waals surface area contributed by atoms with Crippen molar-refractivity contribution in [2.75, 3.05) is 20.1 Å². The summed E-state index contributed by atoms with van der Waals surface area (Å²) in [5.74, 6) is 0.832. The highest BCUT2D eigenvalue weighted by atomic mass is 16.2. The van der Waals surface area contributed by atoms with Gasteiger partial charge in [-0.3, -0.25) is 9.59 Å². The van der Waals surface area contributed by atoms with Crippen molar-refractivity contribution in [3.8, 4) is 0 Å². The highest BCUT2D eigenvalue weighted by molar-refractivity contribution is 5.79. The number of hydrogen-bond donors (Lipinski definition) is 1. The smallest absolute Gasteiger partial charge is 0.222 e. The molecule has 0 saturated carbocycles. The van der Waals surface area contributed by atoms with Crippen molar-refractivity contribution in [1.82, 2.24) is 10.2 Å². The number of amides is 2. The number of nitrogens with one attached hydrogen (secondary N) is 1. The molecule has 1 aliphatic heterocycles. The van der Waals surface area contributed by atoms with Crippen LogP contribution in [0.3, 0.4) is 0 Å². The van der Waals surface area contributed by atoms with Crippen molar-refractivity contribution in [3.63, 3.8) is 0 Å². The summed E-state index contributed by atoms with van der Waals surface area (Å²) >= 11 is 0. The fraction of sp³-hybridized carbons (Fsp3) is 0.833. The van der Waals surface area contributed by atoms with E-state index in [1.165, 1.54) is 0 Å². The third-order valence-electron chi connectivity index (χ3n) is 3.05. The molecule has 0 spiro atoms. The Balaban J connectivity index is 2.37. The van der Waals surface area contributed by atoms with Gasteiger partial charge in [-0.15, -0.1) is 0 Å². The maximum Gasteiger partial charge on any atom is 0.222 e. The van der Waals surface area contributed by atoms with Crippen molar-refractivity contribution in [1.29, 1.82) is 0 Å². The summed E-state index contributed by atoms with van der Waals surface area (Å²) in [5.41, 5.74) is 0. The molecule has 1 rings (SSSR count). The average molecular weight is 226 g/mol. The van der Waals surface area contributed by atoms with Gasteiger partial charge in [0.15, 0.2) is 0 Å². The van der Waals surface area contributed by atoms with E-state index in [-0.39, 0.29) is 17.7 Å². The van der Waals surface area contributed by atoms with E-state index in [2.05, 4.69) is 19.2 Å². The monoisotopic (exact) mass is 226 g/mol. The molecule has 1 N–H and O–H groups in total. The predicted molar refractivity (Wildman–Crippen MR) is 62.8 cm³/mol. The van der Waals surface area contributed by atoms with Crippen LogP contribution in [-0.2, 0) is 9.59 Å². The Labute approximate surface area is 97.4 Å². The first-order valence-corrected chi connectivity index (χ1v) is 6.04. The zero-order valence-corrected chi connectivity index (χ0v) is 10.5. The predicted octanol–water partition coefficient (Wildman–Crippen LogP) is 1.02. The van der Waals surface area contributed by atoms with Crippen LogP contribution in [0.1, 0.15) is 33.1 Å². The first-order chi connectivity index (χ1) is 7.54. The Morgan fingerprint density at radius 3 is 2.31 bits per heavy atom. The number of piperidine rings is 1. The molecule has 0 bridgehead atoms. The molecule has 1 saturated heterocycles. The molecular weight excluding hydrogens is 204 g/mol. The number of rotatable bonds is 3. The van der Waals surface area contributed by atoms with Gasteiger partial charge in [-0.25, -0.2) is 0 Å². The van der Waals surface area contributed by atoms with Gasteiger partial charge < -0.3 is 10.2 Å². The van der Waals surface area contributed by atoms with Crippen LogP contribution >= 0.6 is 0 Å². The van der Waals surface area contributed by atoms with E-state index in [1.807, 2.05) is 4.90 Å². The first-order valence-electron chi connectivity index (χ1n) is 6.04. The van der Waals surface area contributed by atoms with Gasteiger partial charge in [0.25, 0.3) is 0 Å². The van der Waals surface area contributed by atoms with Crippen molar-refractivity contribution in [3.05, 3.63) is 0 Å². The molecule has 1 fully saturated rings. The molecule has 0 unspecified atom stereocenters. The highest BCUT2D eigenvalue weighted by Gasteiger charge is 2.26. The van der Waals surface area contributed by atoms with Gasteiger partial charge in [0.2, 0.25) is 11.8 Å². The van der Waals surface area contributed by atoms with Crippen LogP contribution < -0.4 is 5.32 Å². The minimum absolute atomic E-state index is 0.0908. The Morgan fingerprint density at radius 2 is 1.88 bits per heavy atom. The topological polar surface area (TPSA) is 49.4 Å². The maximum atomic E-state index is 11.8. The molecule has 4 heteroatoms. The SMILES string of the molecule is CNC(=O)C1CCN(C(=O)CC(C)C)CC1. The van der Waals surface area contributed by atoms with Gasteiger partial charge in [-0.1, -0.05) is 13.8 Å². The fourth-order valence-electron chi connectivity index (χ4n) is 2.07. The Kier molecular flexibility index (Phi) is 4.77. The summed E-state index contributed by atoms with van der Waals surface area (Å²) in [5, 5.41) is 2.67. The summed E-state index contributed by atoms with van der Waals surface area (Å²) in [7, 11) is 1.67. The van der Waals surface area contributed by atoms with E-state index in [0.717, 1.165) is 25.9 Å². The lowest BCUT2D eigenvalue weighted by Crippen LogP contribution is -2.42. The van der Waals surface area contributed by atoms with Crippen LogP contribution in [-0.4, -0.2) is 36.9 Å². The molecule has 16 heavy (non-hydrogen) atoms. The van der Waals surface area contributed by atoms with Gasteiger partial charge in [-0.2, -0.15) is 0 Å². The summed E-state index contributed by atoms with van der Waals surface area (Å²) in [6.45, 7) is 5.55. The van der Waals surface area contributed by atoms with Gasteiger partial charge in [0.1, 0.15) is 0 Å². The molecule has 92 valence electrons. The second kappa shape index (κ2) is 5.87. The molecule has 0 aromatic carbocycles. The van der Waals surface area contributed by atoms with Crippen LogP contribution in [0.25, 0.3) is 0 Å². The zero-order chi connectivity index (χ0) is 12.1. The van der Waals surface area contributed by atoms with Crippen LogP contribution in [0.4, 0.5) is 0 Å². The normalized spacial score (nSPS) is 17.6. The lowest BCUT2D eigenvalue weighted by Gasteiger charge is -2.31. The average Bonchev–Trinajstić information content (AvgIpc) is 2.27. The van der Waals surface area contributed by atoms with Gasteiger partial charge in [0, 0.05) is 32.5 Å². The van der Waals surface area contributed by atoms with E-state index in [9.17, 15) is 9.59 Å². The quantitative estimate of drug-likeness (QED) is 0.781. The molecule has 0 atom stereocenters. The molecule has 2 amide bonds. The number of carbonyl (C=O) groups is 2. The highest BCUT2D eigenvalue weighted by Crippen LogP contribution is 2.18. The molecule has 0 aromatic rings. The van der Waals surface area contributed by atoms with E-state index in [1.54, 1.807) is 7.05 Å². The minimum Gasteiger partial charge on any atom is -0.359 e. The summed E-state index contributed by atoms with van der Waals surface area (Å²) in [4.78, 5) is 25.1. The maximum absolute atomic E-state index is 11.8. The van der Waals surface area contributed by atoms with E-state index >= 15 is 0 Å². The van der Waals surface area contributed by atoms with Gasteiger partial charge in [0.05, 0.1) is 0 Å². The Bertz CT molecular complexity index is 256. The van der Waals surface area contributed by atoms with Gasteiger partial charge >= 0.3 is 0 Å². The molecule has 0 aliphatic carbocycles. The van der Waals surface area contributed by atoms with E-state index < -0.39 is 0 Å². The van der Waals surface area contributed by atoms with E-state index in [4.69, 9.17) is 0 Å². The van der Waals surface area contributed by atoms with Crippen molar-refractivity contribution < 1.29 is 9.59 Å². The lowest BCUT2D eigenvalue weighted by molar-refractivity contribution is -0.136. The molecule has 0 radical (unpaired) electrons. The van der Waals surface area contributed by atoms with Crippen LogP contribution in [0.2, 0.25) is 0 Å². The third kappa shape index (κ3) is 3.51. The van der Waals surface area contributed by atoms with Crippen molar-refractivity contribution >= 4 is 11.8 Å². The number of hydrogen-bond acceptors (Lipinski definition) is 2. The molecule has 0 aromatic heterocycles. The Hall–Kier alpha value is -1.06. The largest absolute Gasteiger partial charge is 0.359 e. The summed E-state index contributed by atoms with van der Waals surface area (Å²) in [6, 6.07) is 0. The summed E-state index contributed by atoms with van der Waals surface area (Å²) < 4.78 is 0. The van der Waals surface area contributed by atoms with Gasteiger partial charge in [-0.05, 0) is 18.8 Å². The second-order valence-corrected chi connectivity index (χ2v) is 4.87. The van der Waals surface area contributed by atoms with Crippen molar-refractivity contribution in [2.45, 2.75) is 33.1 Å². The number of carbonyl (C=O) groups excluding carboxylic acids is 2. The van der Waals surface area contributed by atoms with Crippen LogP contribution in [0, 0.1) is 11.8 Å². The standard InChI is InChI=1S/C12H22N2O2/c1-9(2)8-11(15)14-6-4-10(5-7-14)12(16)13-3/h9-10H,4-8H2,1-3H3,(H,13,16). The van der Waals surface area contributed by atoms with Crippen molar-refractivity contribution in [2.24, 2.45) is 11.8 Å². The fourth-order valence-corrected chi connectivity index (χ4v) is 2.07. The molecule has 1 aliphatic rings. The zero-order valence-electron chi connectivity index (χ0n) is 10.5. The Morgan fingerprint density at radius 1 is 1.31 bits per heavy atom. The number of likely N-dealkylation sites (tertiary alicyclic amines) is 1. The van der Waals surface area contributed by atoms with Crippen LogP contribution in [0.5, 0.6) is 0 Å². The van der Waals surface area contributed by atoms with Crippen LogP contribution in [0.15, 0.2) is 0 Å². The minimum atomic E-state index is 0.0908. The first kappa shape index (κ1) is 13.0. The molecular formula is C12H22N2O2. The second-order valence-electron chi connectivity index (χ2n) is 4.87. The number of nitrogens with zero attached hydrogens (tertiary/aromatic N) is 1. The molecule has 4 nitrogen and oxygen atoms in total. The lowest BCUT2D eigenvalue weighted by atomic mass is 9.95. The summed E-state index contributed by atoms with van der Waals surface area (Å²) in [6.07, 6.45) is 2.21. The molecule has 1 heterocycles. The third-order valence-corrected chi connectivity index (χ3v) is 3.05. The van der Waals surface area contributed by atoms with E-state index in [0.29, 0.717) is 12.3 Å².